The van der Waals surface area contributed by atoms with Crippen LogP contribution >= 0.6 is 0 Å². The second-order valence-electron chi connectivity index (χ2n) is 8.97. The van der Waals surface area contributed by atoms with Crippen LogP contribution in [0.25, 0.3) is 10.9 Å². The van der Waals surface area contributed by atoms with E-state index in [0.29, 0.717) is 5.69 Å². The summed E-state index contributed by atoms with van der Waals surface area (Å²) in [6, 6.07) is 22.5. The number of fused-ring (bicyclic) bond motifs is 1. The number of hydrogen-bond acceptors (Lipinski definition) is 1. The van der Waals surface area contributed by atoms with Gasteiger partial charge in [-0.1, -0.05) is 63.2 Å². The fourth-order valence-corrected chi connectivity index (χ4v) is 3.94. The van der Waals surface area contributed by atoms with Crippen LogP contribution in [0.1, 0.15) is 49.8 Å². The van der Waals surface area contributed by atoms with E-state index < -0.39 is 0 Å². The van der Waals surface area contributed by atoms with Crippen LogP contribution in [-0.4, -0.2) is 10.9 Å². The number of hydrogen-bond donors (Lipinski definition) is 2. The van der Waals surface area contributed by atoms with Crippen LogP contribution in [0.15, 0.2) is 79.0 Å². The van der Waals surface area contributed by atoms with Gasteiger partial charge in [0.25, 0.3) is 0 Å². The van der Waals surface area contributed by atoms with E-state index in [-0.39, 0.29) is 29.5 Å². The van der Waals surface area contributed by atoms with E-state index in [1.54, 1.807) is 12.1 Å². The molecule has 1 amide bonds. The number of carbonyl (C=O) groups excluding carboxylic acids is 1. The summed E-state index contributed by atoms with van der Waals surface area (Å²) in [5, 5.41) is 4.01. The lowest BCUT2D eigenvalue weighted by Gasteiger charge is -2.22. The Labute approximate surface area is 182 Å². The largest absolute Gasteiger partial charge is 0.361 e. The van der Waals surface area contributed by atoms with Crippen molar-refractivity contribution < 1.29 is 9.18 Å². The smallest absolute Gasteiger partial charge is 0.225 e. The maximum Gasteiger partial charge on any atom is 0.225 e. The minimum absolute atomic E-state index is 0.0643. The van der Waals surface area contributed by atoms with Gasteiger partial charge in [-0.05, 0) is 52.4 Å². The Morgan fingerprint density at radius 2 is 1.65 bits per heavy atom. The molecule has 3 nitrogen and oxygen atoms in total. The lowest BCUT2D eigenvalue weighted by atomic mass is 9.83. The SMILES string of the molecule is CC(C)(C)c1ccc(C(CC(=O)Nc2ccc(F)cc2)c2c[nH]c3ccccc23)cc1. The summed E-state index contributed by atoms with van der Waals surface area (Å²) in [6.07, 6.45) is 2.28. The van der Waals surface area contributed by atoms with Crippen LogP contribution in [0.4, 0.5) is 10.1 Å². The minimum Gasteiger partial charge on any atom is -0.361 e. The highest BCUT2D eigenvalue weighted by atomic mass is 19.1. The standard InChI is InChI=1S/C27H27FN2O/c1-27(2,3)19-10-8-18(9-11-19)23(24-17-29-25-7-5-4-6-22(24)25)16-26(31)30-21-14-12-20(28)13-15-21/h4-15,17,23,29H,16H2,1-3H3,(H,30,31). The maximum absolute atomic E-state index is 13.2. The predicted octanol–water partition coefficient (Wildman–Crippen LogP) is 6.77. The van der Waals surface area contributed by atoms with Gasteiger partial charge in [0, 0.05) is 35.1 Å². The highest BCUT2D eigenvalue weighted by molar-refractivity contribution is 5.92. The third-order valence-corrected chi connectivity index (χ3v) is 5.69. The van der Waals surface area contributed by atoms with E-state index in [0.717, 1.165) is 22.0 Å². The molecule has 0 aliphatic rings. The number of aromatic nitrogens is 1. The molecule has 0 aliphatic heterocycles. The quantitative estimate of drug-likeness (QED) is 0.372. The molecule has 4 aromatic rings. The zero-order valence-electron chi connectivity index (χ0n) is 18.1. The van der Waals surface area contributed by atoms with Crippen LogP contribution in [-0.2, 0) is 10.2 Å². The van der Waals surface area contributed by atoms with Crippen molar-refractivity contribution in [2.75, 3.05) is 5.32 Å². The average molecular weight is 415 g/mol. The molecule has 0 radical (unpaired) electrons. The van der Waals surface area contributed by atoms with Crippen LogP contribution in [0.2, 0.25) is 0 Å². The monoisotopic (exact) mass is 414 g/mol. The van der Waals surface area contributed by atoms with E-state index >= 15 is 0 Å². The average Bonchev–Trinajstić information content (AvgIpc) is 3.17. The third kappa shape index (κ3) is 4.69. The van der Waals surface area contributed by atoms with Gasteiger partial charge in [0.15, 0.2) is 0 Å². The van der Waals surface area contributed by atoms with Crippen molar-refractivity contribution in [2.45, 2.75) is 38.5 Å². The fourth-order valence-electron chi connectivity index (χ4n) is 3.94. The first kappa shape index (κ1) is 20.9. The van der Waals surface area contributed by atoms with Gasteiger partial charge in [0.05, 0.1) is 0 Å². The van der Waals surface area contributed by atoms with Crippen molar-refractivity contribution in [1.82, 2.24) is 4.98 Å². The van der Waals surface area contributed by atoms with Gasteiger partial charge in [0.1, 0.15) is 5.82 Å². The number of H-pyrrole nitrogens is 1. The molecule has 4 heteroatoms. The predicted molar refractivity (Wildman–Crippen MR) is 125 cm³/mol. The Kier molecular flexibility index (Phi) is 5.64. The summed E-state index contributed by atoms with van der Waals surface area (Å²) in [5.41, 5.74) is 5.14. The first-order chi connectivity index (χ1) is 14.8. The fraction of sp³-hybridized carbons (Fsp3) is 0.222. The molecule has 2 N–H and O–H groups in total. The molecule has 0 aliphatic carbocycles. The van der Waals surface area contributed by atoms with Gasteiger partial charge >= 0.3 is 0 Å². The summed E-state index contributed by atoms with van der Waals surface area (Å²) >= 11 is 0. The minimum atomic E-state index is -0.325. The number of nitrogens with one attached hydrogen (secondary N) is 2. The van der Waals surface area contributed by atoms with Crippen LogP contribution < -0.4 is 5.32 Å². The normalized spacial score (nSPS) is 12.6. The molecule has 3 aromatic carbocycles. The molecule has 0 bridgehead atoms. The highest BCUT2D eigenvalue weighted by Crippen LogP contribution is 2.35. The number of benzene rings is 3. The van der Waals surface area contributed by atoms with Gasteiger partial charge in [-0.3, -0.25) is 4.79 Å². The molecule has 1 heterocycles. The molecule has 1 unspecified atom stereocenters. The van der Waals surface area contributed by atoms with E-state index in [2.05, 4.69) is 61.4 Å². The van der Waals surface area contributed by atoms with Crippen LogP contribution in [0, 0.1) is 5.82 Å². The topological polar surface area (TPSA) is 44.9 Å². The lowest BCUT2D eigenvalue weighted by molar-refractivity contribution is -0.116. The van der Waals surface area contributed by atoms with Gasteiger partial charge < -0.3 is 10.3 Å². The Balaban J connectivity index is 1.67. The molecule has 31 heavy (non-hydrogen) atoms. The number of aromatic amines is 1. The van der Waals surface area contributed by atoms with E-state index in [1.165, 1.54) is 17.7 Å². The number of amides is 1. The second-order valence-corrected chi connectivity index (χ2v) is 8.97. The number of halogens is 1. The summed E-state index contributed by atoms with van der Waals surface area (Å²) in [5.74, 6) is -0.541. The van der Waals surface area contributed by atoms with E-state index in [9.17, 15) is 9.18 Å². The second kappa shape index (κ2) is 8.38. The molecular formula is C27H27FN2O. The first-order valence-corrected chi connectivity index (χ1v) is 10.5. The van der Waals surface area contributed by atoms with Crippen molar-refractivity contribution in [3.8, 4) is 0 Å². The Morgan fingerprint density at radius 3 is 2.32 bits per heavy atom. The molecular weight excluding hydrogens is 387 g/mol. The molecule has 4 rings (SSSR count). The molecule has 1 atom stereocenters. The third-order valence-electron chi connectivity index (χ3n) is 5.69. The van der Waals surface area contributed by atoms with Crippen molar-refractivity contribution in [3.63, 3.8) is 0 Å². The van der Waals surface area contributed by atoms with Crippen molar-refractivity contribution in [2.24, 2.45) is 0 Å². The number of carbonyl (C=O) groups is 1. The van der Waals surface area contributed by atoms with Gasteiger partial charge in [-0.2, -0.15) is 0 Å². The lowest BCUT2D eigenvalue weighted by Crippen LogP contribution is -2.17. The molecule has 0 fully saturated rings. The van der Waals surface area contributed by atoms with Crippen molar-refractivity contribution >= 4 is 22.5 Å². The molecule has 1 aromatic heterocycles. The van der Waals surface area contributed by atoms with Crippen LogP contribution in [0.3, 0.4) is 0 Å². The maximum atomic E-state index is 13.2. The number of anilines is 1. The Hall–Kier alpha value is -3.40. The molecule has 158 valence electrons. The van der Waals surface area contributed by atoms with Gasteiger partial charge in [-0.25, -0.2) is 4.39 Å². The van der Waals surface area contributed by atoms with Crippen molar-refractivity contribution in [3.05, 3.63) is 102 Å². The Morgan fingerprint density at radius 1 is 0.968 bits per heavy atom. The van der Waals surface area contributed by atoms with E-state index in [1.807, 2.05) is 24.4 Å². The zero-order valence-corrected chi connectivity index (χ0v) is 18.1. The summed E-state index contributed by atoms with van der Waals surface area (Å²) in [7, 11) is 0. The summed E-state index contributed by atoms with van der Waals surface area (Å²) < 4.78 is 13.2. The molecule has 0 spiro atoms. The number of rotatable bonds is 5. The zero-order chi connectivity index (χ0) is 22.0. The number of para-hydroxylation sites is 1. The summed E-state index contributed by atoms with van der Waals surface area (Å²) in [6.45, 7) is 6.57. The first-order valence-electron chi connectivity index (χ1n) is 10.5. The molecule has 0 saturated carbocycles. The van der Waals surface area contributed by atoms with Gasteiger partial charge in [-0.15, -0.1) is 0 Å². The summed E-state index contributed by atoms with van der Waals surface area (Å²) in [4.78, 5) is 16.3. The molecule has 0 saturated heterocycles. The van der Waals surface area contributed by atoms with Crippen LogP contribution in [0.5, 0.6) is 0 Å². The highest BCUT2D eigenvalue weighted by Gasteiger charge is 2.22. The van der Waals surface area contributed by atoms with Gasteiger partial charge in [0.2, 0.25) is 5.91 Å². The Bertz CT molecular complexity index is 1180. The van der Waals surface area contributed by atoms with Crippen molar-refractivity contribution in [1.29, 1.82) is 0 Å². The van der Waals surface area contributed by atoms with E-state index in [4.69, 9.17) is 0 Å².